The Morgan fingerprint density at radius 1 is 1.20 bits per heavy atom. The van der Waals surface area contributed by atoms with Crippen molar-refractivity contribution in [3.8, 4) is 22.8 Å². The maximum Gasteiger partial charge on any atom is 0.348 e. The molecular formula is C22H23N5O3. The molecule has 0 saturated carbocycles. The Kier molecular flexibility index (Phi) is 4.69. The molecule has 8 nitrogen and oxygen atoms in total. The molecule has 30 heavy (non-hydrogen) atoms. The summed E-state index contributed by atoms with van der Waals surface area (Å²) in [5.74, 6) is 0.452. The van der Waals surface area contributed by atoms with Crippen molar-refractivity contribution in [1.82, 2.24) is 19.3 Å². The third-order valence-corrected chi connectivity index (χ3v) is 5.10. The lowest BCUT2D eigenvalue weighted by molar-refractivity contribution is -0.131. The fourth-order valence-corrected chi connectivity index (χ4v) is 3.63. The number of H-pyrrole nitrogens is 1. The molecule has 3 N–H and O–H groups in total. The van der Waals surface area contributed by atoms with E-state index in [1.165, 1.54) is 11.5 Å². The molecule has 2 aromatic heterocycles. The second-order valence-corrected chi connectivity index (χ2v) is 7.58. The van der Waals surface area contributed by atoms with Crippen molar-refractivity contribution >= 4 is 22.6 Å². The number of ether oxygens (including phenoxy) is 1. The second kappa shape index (κ2) is 7.22. The summed E-state index contributed by atoms with van der Waals surface area (Å²) in [5.41, 5.74) is 9.40. The predicted octanol–water partition coefficient (Wildman–Crippen LogP) is 3.35. The van der Waals surface area contributed by atoms with Gasteiger partial charge in [-0.05, 0) is 41.8 Å². The predicted molar refractivity (Wildman–Crippen MR) is 116 cm³/mol. The average Bonchev–Trinajstić information content (AvgIpc) is 3.23. The molecule has 2 aromatic carbocycles. The molecule has 0 atom stereocenters. The standard InChI is InChI=1S/C22H23N5O3/c1-12(2)16-10-17(18(23)11-20(16)30-13(3)28)21-24-25-22(29)27(21)15-5-6-19-14(9-15)7-8-26(19)4/h5-12H,23H2,1-4H3,(H,25,29). The van der Waals surface area contributed by atoms with Crippen molar-refractivity contribution in [3.63, 3.8) is 0 Å². The van der Waals surface area contributed by atoms with Gasteiger partial charge in [0.2, 0.25) is 0 Å². The molecule has 0 spiro atoms. The lowest BCUT2D eigenvalue weighted by Gasteiger charge is -2.16. The van der Waals surface area contributed by atoms with Crippen LogP contribution in [0.25, 0.3) is 28.0 Å². The number of benzene rings is 2. The molecule has 4 rings (SSSR count). The van der Waals surface area contributed by atoms with E-state index in [-0.39, 0.29) is 11.6 Å². The third kappa shape index (κ3) is 3.26. The van der Waals surface area contributed by atoms with Crippen molar-refractivity contribution in [1.29, 1.82) is 0 Å². The largest absolute Gasteiger partial charge is 0.426 e. The zero-order chi connectivity index (χ0) is 21.6. The number of carbonyl (C=O) groups excluding carboxylic acids is 1. The van der Waals surface area contributed by atoms with E-state index in [0.717, 1.165) is 16.5 Å². The summed E-state index contributed by atoms with van der Waals surface area (Å²) in [4.78, 5) is 24.1. The molecule has 0 radical (unpaired) electrons. The minimum atomic E-state index is -0.420. The number of aromatic amines is 1. The molecule has 2 heterocycles. The summed E-state index contributed by atoms with van der Waals surface area (Å²) in [6.07, 6.45) is 1.97. The SMILES string of the molecule is CC(=O)Oc1cc(N)c(-c2n[nH]c(=O)n2-c2ccc3c(ccn3C)c2)cc1C(C)C. The van der Waals surface area contributed by atoms with Crippen molar-refractivity contribution in [2.24, 2.45) is 7.05 Å². The Hall–Kier alpha value is -3.81. The number of aromatic nitrogens is 4. The smallest absolute Gasteiger partial charge is 0.348 e. The number of nitrogens with one attached hydrogen (secondary N) is 1. The van der Waals surface area contributed by atoms with Gasteiger partial charge in [0.05, 0.1) is 5.69 Å². The molecule has 8 heteroatoms. The van der Waals surface area contributed by atoms with Crippen molar-refractivity contribution in [3.05, 3.63) is 58.6 Å². The zero-order valence-electron chi connectivity index (χ0n) is 17.3. The molecule has 4 aromatic rings. The zero-order valence-corrected chi connectivity index (χ0v) is 17.3. The van der Waals surface area contributed by atoms with Crippen molar-refractivity contribution < 1.29 is 9.53 Å². The first-order valence-electron chi connectivity index (χ1n) is 9.61. The topological polar surface area (TPSA) is 108 Å². The van der Waals surface area contributed by atoms with Crippen LogP contribution in [0.15, 0.2) is 47.4 Å². The highest BCUT2D eigenvalue weighted by Gasteiger charge is 2.20. The van der Waals surface area contributed by atoms with Crippen LogP contribution in [-0.2, 0) is 11.8 Å². The maximum atomic E-state index is 12.6. The summed E-state index contributed by atoms with van der Waals surface area (Å²) in [6, 6.07) is 11.2. The molecule has 0 saturated heterocycles. The molecule has 0 aliphatic heterocycles. The third-order valence-electron chi connectivity index (χ3n) is 5.10. The number of anilines is 1. The van der Waals surface area contributed by atoms with E-state index in [9.17, 15) is 9.59 Å². The highest BCUT2D eigenvalue weighted by atomic mass is 16.5. The van der Waals surface area contributed by atoms with Crippen LogP contribution in [0.2, 0.25) is 0 Å². The highest BCUT2D eigenvalue weighted by molar-refractivity contribution is 5.83. The van der Waals surface area contributed by atoms with E-state index in [0.29, 0.717) is 28.5 Å². The minimum Gasteiger partial charge on any atom is -0.426 e. The number of nitrogens with two attached hydrogens (primary N) is 1. The Morgan fingerprint density at radius 3 is 2.67 bits per heavy atom. The fourth-order valence-electron chi connectivity index (χ4n) is 3.63. The molecular weight excluding hydrogens is 382 g/mol. The Balaban J connectivity index is 1.91. The van der Waals surface area contributed by atoms with Gasteiger partial charge < -0.3 is 15.0 Å². The van der Waals surface area contributed by atoms with Gasteiger partial charge in [-0.1, -0.05) is 13.8 Å². The summed E-state index contributed by atoms with van der Waals surface area (Å²) in [7, 11) is 1.97. The van der Waals surface area contributed by atoms with Crippen LogP contribution in [0.5, 0.6) is 5.75 Å². The van der Waals surface area contributed by atoms with Gasteiger partial charge in [0, 0.05) is 48.4 Å². The van der Waals surface area contributed by atoms with Crippen molar-refractivity contribution in [2.45, 2.75) is 26.7 Å². The van der Waals surface area contributed by atoms with Crippen LogP contribution < -0.4 is 16.2 Å². The van der Waals surface area contributed by atoms with Crippen LogP contribution in [0.1, 0.15) is 32.3 Å². The number of fused-ring (bicyclic) bond motifs is 1. The quantitative estimate of drug-likeness (QED) is 0.307. The first-order chi connectivity index (χ1) is 14.3. The van der Waals surface area contributed by atoms with Gasteiger partial charge in [0.1, 0.15) is 5.75 Å². The normalized spacial score (nSPS) is 11.4. The monoisotopic (exact) mass is 405 g/mol. The summed E-state index contributed by atoms with van der Waals surface area (Å²) in [5, 5.41) is 7.76. The van der Waals surface area contributed by atoms with Gasteiger partial charge in [0.25, 0.3) is 0 Å². The number of hydrogen-bond donors (Lipinski definition) is 2. The Morgan fingerprint density at radius 2 is 1.97 bits per heavy atom. The Labute approximate surface area is 172 Å². The first kappa shape index (κ1) is 19.5. The van der Waals surface area contributed by atoms with Crippen molar-refractivity contribution in [2.75, 3.05) is 5.73 Å². The van der Waals surface area contributed by atoms with Crippen LogP contribution in [-0.4, -0.2) is 25.3 Å². The highest BCUT2D eigenvalue weighted by Crippen LogP contribution is 2.36. The summed E-state index contributed by atoms with van der Waals surface area (Å²) >= 11 is 0. The number of nitrogens with zero attached hydrogens (tertiary/aromatic N) is 3. The second-order valence-electron chi connectivity index (χ2n) is 7.58. The molecule has 0 fully saturated rings. The van der Waals surface area contributed by atoms with Gasteiger partial charge in [-0.3, -0.25) is 4.79 Å². The molecule has 0 amide bonds. The summed E-state index contributed by atoms with van der Waals surface area (Å²) in [6.45, 7) is 5.33. The van der Waals surface area contributed by atoms with Gasteiger partial charge in [-0.15, -0.1) is 0 Å². The molecule has 0 aliphatic rings. The number of hydrogen-bond acceptors (Lipinski definition) is 5. The van der Waals surface area contributed by atoms with Gasteiger partial charge in [-0.2, -0.15) is 5.10 Å². The van der Waals surface area contributed by atoms with E-state index in [2.05, 4.69) is 10.2 Å². The fraction of sp³-hybridized carbons (Fsp3) is 0.227. The van der Waals surface area contributed by atoms with E-state index < -0.39 is 5.97 Å². The number of nitrogen functional groups attached to an aromatic ring is 1. The number of carbonyl (C=O) groups is 1. The molecule has 154 valence electrons. The van der Waals surface area contributed by atoms with Crippen LogP contribution in [0.4, 0.5) is 5.69 Å². The van der Waals surface area contributed by atoms with Gasteiger partial charge in [0.15, 0.2) is 5.82 Å². The Bertz CT molecular complexity index is 1330. The molecule has 0 aliphatic carbocycles. The average molecular weight is 405 g/mol. The number of aryl methyl sites for hydroxylation is 1. The lowest BCUT2D eigenvalue weighted by Crippen LogP contribution is -2.16. The number of rotatable bonds is 4. The lowest BCUT2D eigenvalue weighted by atomic mass is 9.98. The van der Waals surface area contributed by atoms with Crippen LogP contribution >= 0.6 is 0 Å². The van der Waals surface area contributed by atoms with E-state index in [4.69, 9.17) is 10.5 Å². The first-order valence-corrected chi connectivity index (χ1v) is 9.61. The maximum absolute atomic E-state index is 12.6. The molecule has 0 unspecified atom stereocenters. The van der Waals surface area contributed by atoms with Crippen LogP contribution in [0.3, 0.4) is 0 Å². The minimum absolute atomic E-state index is 0.0680. The number of esters is 1. The van der Waals surface area contributed by atoms with E-state index in [1.807, 2.05) is 62.0 Å². The van der Waals surface area contributed by atoms with E-state index >= 15 is 0 Å². The summed E-state index contributed by atoms with van der Waals surface area (Å²) < 4.78 is 8.84. The molecule has 0 bridgehead atoms. The van der Waals surface area contributed by atoms with Gasteiger partial charge >= 0.3 is 11.7 Å². The van der Waals surface area contributed by atoms with Crippen LogP contribution in [0, 0.1) is 0 Å². The van der Waals surface area contributed by atoms with Gasteiger partial charge in [-0.25, -0.2) is 14.5 Å². The van der Waals surface area contributed by atoms with E-state index in [1.54, 1.807) is 6.07 Å².